The largest absolute Gasteiger partial charge is 0.505 e. The average molecular weight is 1730 g/mol. The number of ether oxygens (including phenoxy) is 6. The number of nitrogens with zero attached hydrogens (tertiary/aromatic N) is 11. The Bertz CT molecular complexity index is 5050. The van der Waals surface area contributed by atoms with Crippen molar-refractivity contribution in [2.45, 2.75) is 34.1 Å². The second-order valence-corrected chi connectivity index (χ2v) is 23.4. The van der Waals surface area contributed by atoms with E-state index >= 15 is 0 Å². The molecule has 11 rings (SSSR count). The number of carbonyl (C=O) groups is 6. The van der Waals surface area contributed by atoms with Crippen LogP contribution in [0.15, 0.2) is 196 Å². The topological polar surface area (TPSA) is 409 Å². The van der Waals surface area contributed by atoms with Gasteiger partial charge in [0.25, 0.3) is 5.91 Å². The van der Waals surface area contributed by atoms with Crippen LogP contribution < -0.4 is 25.3 Å². The van der Waals surface area contributed by atoms with Crippen molar-refractivity contribution in [2.24, 2.45) is 4.99 Å². The first kappa shape index (κ1) is 91.8. The molecule has 0 unspecified atom stereocenters. The molecule has 28 nitrogen and oxygen atoms in total. The van der Waals surface area contributed by atoms with Gasteiger partial charge in [-0.2, -0.15) is 5.26 Å². The molecular formula is C77H70Br3F4N13O15. The Morgan fingerprint density at radius 2 is 0.955 bits per heavy atom. The molecule has 0 aliphatic heterocycles. The molecule has 1 amide bonds. The number of halogens is 7. The van der Waals surface area contributed by atoms with Gasteiger partial charge in [-0.3, -0.25) is 58.7 Å². The molecule has 11 aromatic rings. The highest BCUT2D eigenvalue weighted by Gasteiger charge is 2.20. The molecule has 0 radical (unpaired) electrons. The van der Waals surface area contributed by atoms with E-state index in [-0.39, 0.29) is 102 Å². The minimum atomic E-state index is -1.11. The summed E-state index contributed by atoms with van der Waals surface area (Å²) in [5, 5.41) is 41.3. The molecule has 9 aromatic heterocycles. The molecule has 0 fully saturated rings. The van der Waals surface area contributed by atoms with E-state index in [1.54, 1.807) is 87.9 Å². The number of anilines is 1. The van der Waals surface area contributed by atoms with Crippen molar-refractivity contribution in [3.8, 4) is 74.3 Å². The van der Waals surface area contributed by atoms with Gasteiger partial charge in [0.05, 0.1) is 27.9 Å². The third kappa shape index (κ3) is 28.1. The first-order valence-electron chi connectivity index (χ1n) is 31.9. The van der Waals surface area contributed by atoms with Gasteiger partial charge in [0, 0.05) is 125 Å². The number of hydrogen-bond acceptors (Lipinski definition) is 27. The number of nitrogens with one attached hydrogen (secondary N) is 1. The molecule has 35 heteroatoms. The van der Waals surface area contributed by atoms with Gasteiger partial charge in [-0.1, -0.05) is 21.3 Å². The van der Waals surface area contributed by atoms with Crippen LogP contribution in [0.3, 0.4) is 0 Å². The quantitative estimate of drug-likeness (QED) is 0.00800. The van der Waals surface area contributed by atoms with E-state index in [4.69, 9.17) is 39.3 Å². The van der Waals surface area contributed by atoms with E-state index < -0.39 is 29.2 Å². The van der Waals surface area contributed by atoms with Crippen LogP contribution in [0.1, 0.15) is 102 Å². The Morgan fingerprint density at radius 1 is 0.509 bits per heavy atom. The summed E-state index contributed by atoms with van der Waals surface area (Å²) in [6.07, 6.45) is 16.2. The van der Waals surface area contributed by atoms with Gasteiger partial charge in [0.1, 0.15) is 59.8 Å². The zero-order valence-corrected chi connectivity index (χ0v) is 64.2. The molecule has 582 valence electrons. The average Bonchev–Trinajstić information content (AvgIpc) is 0.814. The summed E-state index contributed by atoms with van der Waals surface area (Å²) in [6, 6.07) is 30.3. The third-order valence-corrected chi connectivity index (χ3v) is 15.5. The van der Waals surface area contributed by atoms with E-state index in [0.717, 1.165) is 24.3 Å². The maximum absolute atomic E-state index is 13.4. The number of Topliss-reactive ketones (excluding diaryl/α,β-unsaturated/α-hetero) is 2. The van der Waals surface area contributed by atoms with Crippen molar-refractivity contribution in [1.82, 2.24) is 50.2 Å². The monoisotopic (exact) mass is 1730 g/mol. The minimum absolute atomic E-state index is 0. The molecule has 9 heterocycles. The van der Waals surface area contributed by atoms with Crippen LogP contribution in [0.25, 0.3) is 33.8 Å². The molecule has 0 spiro atoms. The van der Waals surface area contributed by atoms with Crippen LogP contribution in [0.2, 0.25) is 0 Å². The second-order valence-electron chi connectivity index (χ2n) is 21.1. The number of rotatable bonds is 22. The van der Waals surface area contributed by atoms with E-state index in [9.17, 15) is 61.8 Å². The number of methoxy groups -OCH3 is 3. The first-order valence-corrected chi connectivity index (χ1v) is 34.3. The molecule has 0 bridgehead atoms. The second kappa shape index (κ2) is 48.7. The molecule has 2 aromatic carbocycles. The molecule has 0 atom stereocenters. The Kier molecular flexibility index (Phi) is 40.0. The van der Waals surface area contributed by atoms with Crippen LogP contribution in [0.4, 0.5) is 28.9 Å². The van der Waals surface area contributed by atoms with Crippen LogP contribution in [-0.2, 0) is 14.2 Å². The smallest absolute Gasteiger partial charge is 0.269 e. The predicted octanol–water partition coefficient (Wildman–Crippen LogP) is 15.1. The lowest BCUT2D eigenvalue weighted by molar-refractivity contribution is 0.0496. The number of pyridine rings is 9. The van der Waals surface area contributed by atoms with E-state index in [1.165, 1.54) is 101 Å². The number of nitrogens with two attached hydrogens (primary N) is 1. The van der Waals surface area contributed by atoms with Crippen molar-refractivity contribution >= 4 is 101 Å². The molecule has 112 heavy (non-hydrogen) atoms. The van der Waals surface area contributed by atoms with Crippen LogP contribution in [0.5, 0.6) is 34.5 Å². The van der Waals surface area contributed by atoms with Crippen molar-refractivity contribution in [3.63, 3.8) is 0 Å². The molecule has 0 saturated heterocycles. The van der Waals surface area contributed by atoms with Gasteiger partial charge in [0.2, 0.25) is 0 Å². The number of nitriles is 1. The normalized spacial score (nSPS) is 10.1. The zero-order valence-electron chi connectivity index (χ0n) is 59.4. The van der Waals surface area contributed by atoms with Crippen molar-refractivity contribution in [2.75, 3.05) is 54.5 Å². The number of amides is 1. The standard InChI is InChI=1S/C20H13F2N5O2.C16H16N2O4.C14H12N2O3.C8H8BrNO3.C7H8BrNO2.C6H5F2N.C5H4BrNO.CH4/c1-24-20(29)16-8-11(4-6-25-16)18-19(28)13(5-7-26-18)17(10-23)27-12-2-3-14(21)15(22)9-12;1-3-14(20)13-8-11(4-6-17-13)15-16(22-10-21-2)12(9-19)5-7-18-15;1-2-12(18)11-7-9(3-5-15-11)13-14(19)10(8-17)4-6-16-13;1-12-5-13-7-6(4-11)2-3-10-8(7)9;1-10-5-11-6-3-2-4-9-7(6)8;7-5-2-1-4(9)3-6(5)8;6-5-4(8)2-1-3-7-5;/h2-9,28H,1H3,(H,24,29);4-9H,3,10H2,1-2H3;3-8,19H,2H2,1H3;2-4H,5H2,1H3;2-4H,5H2,1H3;1-3H,9H2;1-3,8H;1H4. The van der Waals surface area contributed by atoms with Crippen LogP contribution >= 0.6 is 47.8 Å². The Labute approximate surface area is 664 Å². The SMILES string of the molecule is C.CCC(=O)c1cc(-c2nccc(C=O)c2O)ccn1.CCC(=O)c1cc(-c2nccc(C=O)c2OCOC)ccn1.CNC(=O)c1cc(-c2nccc(C(C#N)=Nc3ccc(F)c(F)c3)c2O)ccn1.COCOc1c(C=O)ccnc1Br.COCOc1cccnc1Br.Nc1ccc(F)c(F)c1.Oc1cccnc1Br. The number of carbonyl (C=O) groups excluding carboxylic acids is 6. The number of aliphatic imine (C=N–C) groups is 1. The number of aromatic nitrogens is 9. The summed E-state index contributed by atoms with van der Waals surface area (Å²) < 4.78 is 82.5. The predicted molar refractivity (Wildman–Crippen MR) is 415 cm³/mol. The fourth-order valence-electron chi connectivity index (χ4n) is 8.43. The Balaban J connectivity index is 0.000000287. The summed E-state index contributed by atoms with van der Waals surface area (Å²) >= 11 is 9.44. The van der Waals surface area contributed by atoms with Gasteiger partial charge < -0.3 is 54.8 Å². The maximum Gasteiger partial charge on any atom is 0.269 e. The summed E-state index contributed by atoms with van der Waals surface area (Å²) in [6.45, 7) is 3.84. The molecule has 0 aliphatic carbocycles. The fourth-order valence-corrected chi connectivity index (χ4v) is 9.50. The van der Waals surface area contributed by atoms with Gasteiger partial charge in [0.15, 0.2) is 109 Å². The van der Waals surface area contributed by atoms with Crippen LogP contribution in [-0.4, -0.2) is 151 Å². The highest BCUT2D eigenvalue weighted by atomic mass is 79.9. The number of nitrogen functional groups attached to an aromatic ring is 1. The number of hydrogen-bond donors (Lipinski definition) is 5. The molecular weight excluding hydrogens is 1660 g/mol. The van der Waals surface area contributed by atoms with Gasteiger partial charge >= 0.3 is 0 Å². The van der Waals surface area contributed by atoms with Crippen molar-refractivity contribution < 1.29 is 90.1 Å². The van der Waals surface area contributed by atoms with Crippen molar-refractivity contribution in [3.05, 3.63) is 254 Å². The third-order valence-electron chi connectivity index (χ3n) is 13.7. The first-order chi connectivity index (χ1) is 53.5. The van der Waals surface area contributed by atoms with Gasteiger partial charge in [-0.15, -0.1) is 0 Å². The summed E-state index contributed by atoms with van der Waals surface area (Å²) in [4.78, 5) is 108. The van der Waals surface area contributed by atoms with E-state index in [2.05, 4.69) is 103 Å². The summed E-state index contributed by atoms with van der Waals surface area (Å²) in [5.74, 6) is -3.47. The number of aromatic hydroxyl groups is 3. The highest BCUT2D eigenvalue weighted by molar-refractivity contribution is 9.11. The fraction of sp³-hybridized carbons (Fsp3) is 0.156. The van der Waals surface area contributed by atoms with Crippen molar-refractivity contribution in [1.29, 1.82) is 5.26 Å². The summed E-state index contributed by atoms with van der Waals surface area (Å²) in [5.41, 5.74) is 9.35. The highest BCUT2D eigenvalue weighted by Crippen LogP contribution is 2.34. The lowest BCUT2D eigenvalue weighted by Gasteiger charge is -2.12. The zero-order chi connectivity index (χ0) is 81.4. The molecule has 0 aliphatic rings. The van der Waals surface area contributed by atoms with Crippen LogP contribution in [0, 0.1) is 34.6 Å². The Morgan fingerprint density at radius 3 is 1.45 bits per heavy atom. The lowest BCUT2D eigenvalue weighted by Crippen LogP contribution is -2.19. The molecule has 6 N–H and O–H groups in total. The van der Waals surface area contributed by atoms with E-state index in [1.807, 2.05) is 12.1 Å². The number of aldehydes is 3. The number of benzene rings is 2. The number of ketones is 2. The molecule has 0 saturated carbocycles. The maximum atomic E-state index is 13.4. The lowest BCUT2D eigenvalue weighted by atomic mass is 10.0. The summed E-state index contributed by atoms with van der Waals surface area (Å²) in [7, 11) is 6.02. The van der Waals surface area contributed by atoms with Gasteiger partial charge in [-0.25, -0.2) is 37.5 Å². The Hall–Kier alpha value is -12.6. The van der Waals surface area contributed by atoms with E-state index in [0.29, 0.717) is 108 Å². The van der Waals surface area contributed by atoms with Gasteiger partial charge in [-0.05, 0) is 163 Å². The minimum Gasteiger partial charge on any atom is -0.505 e.